The number of carbonyl (C=O) groups is 2. The summed E-state index contributed by atoms with van der Waals surface area (Å²) in [7, 11) is -3.64. The van der Waals surface area contributed by atoms with Gasteiger partial charge < -0.3 is 10.6 Å². The lowest BCUT2D eigenvalue weighted by Gasteiger charge is -2.24. The number of rotatable bonds is 5. The topological polar surface area (TPSA) is 95.6 Å². The number of hydrogen-bond acceptors (Lipinski definition) is 4. The Morgan fingerprint density at radius 2 is 1.76 bits per heavy atom. The van der Waals surface area contributed by atoms with E-state index in [2.05, 4.69) is 10.6 Å². The third-order valence-corrected chi connectivity index (χ3v) is 6.90. The second kappa shape index (κ2) is 8.75. The highest BCUT2D eigenvalue weighted by atomic mass is 32.2. The third-order valence-electron chi connectivity index (χ3n) is 4.93. The number of nitrogens with zero attached hydrogens (tertiary/aromatic N) is 1. The van der Waals surface area contributed by atoms with Gasteiger partial charge in [0.1, 0.15) is 0 Å². The van der Waals surface area contributed by atoms with E-state index in [9.17, 15) is 18.0 Å². The van der Waals surface area contributed by atoms with Crippen molar-refractivity contribution in [2.24, 2.45) is 0 Å². The van der Waals surface area contributed by atoms with Crippen molar-refractivity contribution in [3.05, 3.63) is 59.7 Å². The molecule has 1 aliphatic heterocycles. The van der Waals surface area contributed by atoms with E-state index in [4.69, 9.17) is 0 Å². The zero-order valence-corrected chi connectivity index (χ0v) is 17.3. The zero-order chi connectivity index (χ0) is 21.0. The molecule has 2 N–H and O–H groups in total. The molecule has 1 aliphatic rings. The van der Waals surface area contributed by atoms with Gasteiger partial charge in [-0.1, -0.05) is 29.8 Å². The molecule has 29 heavy (non-hydrogen) atoms. The van der Waals surface area contributed by atoms with Crippen LogP contribution in [0, 0.1) is 13.8 Å². The molecule has 0 bridgehead atoms. The van der Waals surface area contributed by atoms with Crippen LogP contribution in [-0.4, -0.2) is 43.7 Å². The van der Waals surface area contributed by atoms with Gasteiger partial charge in [-0.2, -0.15) is 4.31 Å². The number of aryl methyl sites for hydroxylation is 2. The largest absolute Gasteiger partial charge is 0.346 e. The highest BCUT2D eigenvalue weighted by Crippen LogP contribution is 2.26. The quantitative estimate of drug-likeness (QED) is 0.732. The van der Waals surface area contributed by atoms with Gasteiger partial charge >= 0.3 is 11.8 Å². The van der Waals surface area contributed by atoms with Crippen LogP contribution in [0.3, 0.4) is 0 Å². The minimum atomic E-state index is -3.64. The second-order valence-electron chi connectivity index (χ2n) is 7.26. The number of nitrogens with one attached hydrogen (secondary N) is 2. The molecule has 8 heteroatoms. The fourth-order valence-corrected chi connectivity index (χ4v) is 5.07. The molecule has 154 valence electrons. The predicted molar refractivity (Wildman–Crippen MR) is 111 cm³/mol. The first-order valence-corrected chi connectivity index (χ1v) is 11.0. The van der Waals surface area contributed by atoms with Crippen molar-refractivity contribution in [1.29, 1.82) is 0 Å². The monoisotopic (exact) mass is 415 g/mol. The van der Waals surface area contributed by atoms with Crippen LogP contribution in [0.15, 0.2) is 53.4 Å². The lowest BCUT2D eigenvalue weighted by atomic mass is 10.2. The first kappa shape index (κ1) is 21.0. The fraction of sp³-hybridized carbons (Fsp3) is 0.333. The van der Waals surface area contributed by atoms with E-state index in [1.54, 1.807) is 42.5 Å². The van der Waals surface area contributed by atoms with Crippen molar-refractivity contribution < 1.29 is 18.0 Å². The average Bonchev–Trinajstić information content (AvgIpc) is 3.16. The summed E-state index contributed by atoms with van der Waals surface area (Å²) in [6.07, 6.45) is 1.34. The van der Waals surface area contributed by atoms with E-state index in [0.29, 0.717) is 25.1 Å². The number of benzene rings is 2. The minimum Gasteiger partial charge on any atom is -0.346 e. The smallest absolute Gasteiger partial charge is 0.313 e. The summed E-state index contributed by atoms with van der Waals surface area (Å²) < 4.78 is 27.3. The molecule has 0 aromatic heterocycles. The standard InChI is InChI=1S/C21H25N3O4S/c1-15-8-10-19(11-9-15)29(27,28)24-12-4-7-18(24)14-22-20(25)21(26)23-17-6-3-5-16(2)13-17/h3,5-6,8-11,13,18H,4,7,12,14H2,1-2H3,(H,22,25)(H,23,26)/t18-/m0/s1. The maximum Gasteiger partial charge on any atom is 0.313 e. The molecule has 0 aliphatic carbocycles. The Labute approximate surface area is 171 Å². The van der Waals surface area contributed by atoms with E-state index in [1.807, 2.05) is 19.9 Å². The lowest BCUT2D eigenvalue weighted by Crippen LogP contribution is -2.45. The zero-order valence-electron chi connectivity index (χ0n) is 16.5. The van der Waals surface area contributed by atoms with Gasteiger partial charge in [-0.25, -0.2) is 8.42 Å². The van der Waals surface area contributed by atoms with Crippen LogP contribution in [0.5, 0.6) is 0 Å². The molecule has 7 nitrogen and oxygen atoms in total. The van der Waals surface area contributed by atoms with Crippen molar-refractivity contribution in [2.45, 2.75) is 37.6 Å². The van der Waals surface area contributed by atoms with Gasteiger partial charge in [0.15, 0.2) is 0 Å². The van der Waals surface area contributed by atoms with Gasteiger partial charge in [-0.05, 0) is 56.5 Å². The summed E-state index contributed by atoms with van der Waals surface area (Å²) in [6.45, 7) is 4.27. The molecule has 1 atom stereocenters. The van der Waals surface area contributed by atoms with Crippen LogP contribution in [0.4, 0.5) is 5.69 Å². The Balaban J connectivity index is 1.61. The van der Waals surface area contributed by atoms with Gasteiger partial charge in [-0.3, -0.25) is 9.59 Å². The van der Waals surface area contributed by atoms with E-state index in [1.165, 1.54) is 4.31 Å². The maximum atomic E-state index is 12.9. The van der Waals surface area contributed by atoms with Gasteiger partial charge in [0.2, 0.25) is 10.0 Å². The number of carbonyl (C=O) groups excluding carboxylic acids is 2. The number of hydrogen-bond donors (Lipinski definition) is 2. The Morgan fingerprint density at radius 3 is 2.45 bits per heavy atom. The normalized spacial score (nSPS) is 17.1. The SMILES string of the molecule is Cc1ccc(S(=O)(=O)N2CCC[C@H]2CNC(=O)C(=O)Nc2cccc(C)c2)cc1. The second-order valence-corrected chi connectivity index (χ2v) is 9.15. The van der Waals surface area contributed by atoms with Crippen LogP contribution in [0.2, 0.25) is 0 Å². The number of sulfonamides is 1. The molecule has 0 spiro atoms. The maximum absolute atomic E-state index is 12.9. The van der Waals surface area contributed by atoms with Crippen molar-refractivity contribution >= 4 is 27.5 Å². The summed E-state index contributed by atoms with van der Waals surface area (Å²) in [6, 6.07) is 13.5. The Bertz CT molecular complexity index is 1000. The molecule has 0 unspecified atom stereocenters. The third kappa shape index (κ3) is 5.02. The molecule has 2 amide bonds. The summed E-state index contributed by atoms with van der Waals surface area (Å²) in [4.78, 5) is 24.5. The van der Waals surface area contributed by atoms with Crippen LogP contribution in [0.25, 0.3) is 0 Å². The molecular formula is C21H25N3O4S. The predicted octanol–water partition coefficient (Wildman–Crippen LogP) is 2.21. The summed E-state index contributed by atoms with van der Waals surface area (Å²) >= 11 is 0. The van der Waals surface area contributed by atoms with E-state index >= 15 is 0 Å². The Kier molecular flexibility index (Phi) is 6.34. The summed E-state index contributed by atoms with van der Waals surface area (Å²) in [5.41, 5.74) is 2.48. The molecule has 1 saturated heterocycles. The van der Waals surface area contributed by atoms with Crippen molar-refractivity contribution in [2.75, 3.05) is 18.4 Å². The molecular weight excluding hydrogens is 390 g/mol. The molecule has 0 saturated carbocycles. The molecule has 1 fully saturated rings. The Morgan fingerprint density at radius 1 is 1.03 bits per heavy atom. The molecule has 0 radical (unpaired) electrons. The summed E-state index contributed by atoms with van der Waals surface area (Å²) in [5.74, 6) is -1.56. The first-order valence-electron chi connectivity index (χ1n) is 9.52. The van der Waals surface area contributed by atoms with Crippen LogP contribution in [0.1, 0.15) is 24.0 Å². The van der Waals surface area contributed by atoms with Crippen molar-refractivity contribution in [1.82, 2.24) is 9.62 Å². The van der Waals surface area contributed by atoms with Crippen molar-refractivity contribution in [3.8, 4) is 0 Å². The van der Waals surface area contributed by atoms with Crippen LogP contribution in [-0.2, 0) is 19.6 Å². The molecule has 2 aromatic carbocycles. The van der Waals surface area contributed by atoms with Crippen molar-refractivity contribution in [3.63, 3.8) is 0 Å². The van der Waals surface area contributed by atoms with Crippen LogP contribution >= 0.6 is 0 Å². The molecule has 3 rings (SSSR count). The van der Waals surface area contributed by atoms with Crippen LogP contribution < -0.4 is 10.6 Å². The molecule has 2 aromatic rings. The number of anilines is 1. The van der Waals surface area contributed by atoms with E-state index in [-0.39, 0.29) is 17.5 Å². The fourth-order valence-electron chi connectivity index (χ4n) is 3.38. The average molecular weight is 416 g/mol. The molecule has 1 heterocycles. The highest BCUT2D eigenvalue weighted by molar-refractivity contribution is 7.89. The van der Waals surface area contributed by atoms with Gasteiger partial charge in [-0.15, -0.1) is 0 Å². The Hall–Kier alpha value is -2.71. The lowest BCUT2D eigenvalue weighted by molar-refractivity contribution is -0.136. The summed E-state index contributed by atoms with van der Waals surface area (Å²) in [5, 5.41) is 5.11. The first-order chi connectivity index (χ1) is 13.8. The number of amides is 2. The van der Waals surface area contributed by atoms with Gasteiger partial charge in [0.25, 0.3) is 0 Å². The van der Waals surface area contributed by atoms with Gasteiger partial charge in [0, 0.05) is 24.8 Å². The highest BCUT2D eigenvalue weighted by Gasteiger charge is 2.35. The van der Waals surface area contributed by atoms with Gasteiger partial charge in [0.05, 0.1) is 4.90 Å². The van der Waals surface area contributed by atoms with E-state index < -0.39 is 21.8 Å². The van der Waals surface area contributed by atoms with E-state index in [0.717, 1.165) is 11.1 Å². The minimum absolute atomic E-state index is 0.0885.